The number of Topliss-reactive ketones (excluding diaryl/α,β-unsaturated/α-hetero) is 1. The van der Waals surface area contributed by atoms with E-state index in [2.05, 4.69) is 20.7 Å². The third-order valence-corrected chi connectivity index (χ3v) is 10.4. The number of nitrogens with one attached hydrogen (secondary N) is 1. The van der Waals surface area contributed by atoms with Gasteiger partial charge in [-0.2, -0.15) is 0 Å². The number of carbonyl (C=O) groups excluding carboxylic acids is 1. The van der Waals surface area contributed by atoms with E-state index in [1.165, 1.54) is 7.05 Å². The number of ether oxygens (including phenoxy) is 1. The minimum Gasteiger partial charge on any atom is -0.476 e. The molecule has 1 fully saturated rings. The number of benzene rings is 3. The number of ketones is 1. The van der Waals surface area contributed by atoms with E-state index in [-0.39, 0.29) is 11.4 Å². The maximum Gasteiger partial charge on any atom is 0.222 e. The molecule has 1 aromatic heterocycles. The molecule has 0 bridgehead atoms. The molecule has 0 saturated heterocycles. The maximum absolute atomic E-state index is 14.4. The number of pyridine rings is 1. The van der Waals surface area contributed by atoms with Crippen molar-refractivity contribution in [2.24, 2.45) is 0 Å². The van der Waals surface area contributed by atoms with Gasteiger partial charge in [0.25, 0.3) is 0 Å². The van der Waals surface area contributed by atoms with E-state index >= 15 is 0 Å². The smallest absolute Gasteiger partial charge is 0.222 e. The third kappa shape index (κ3) is 3.87. The fourth-order valence-corrected chi connectivity index (χ4v) is 7.89. The molecule has 2 aliphatic rings. The number of halogens is 2. The zero-order valence-corrected chi connectivity index (χ0v) is 24.4. The zero-order chi connectivity index (χ0) is 28.3. The Balaban J connectivity index is 1.65. The van der Waals surface area contributed by atoms with Crippen molar-refractivity contribution in [3.63, 3.8) is 0 Å². The fraction of sp³-hybridized carbons (Fsp3) is 0.200. The van der Waals surface area contributed by atoms with Crippen LogP contribution in [0.5, 0.6) is 5.75 Å². The first kappa shape index (κ1) is 27.1. The van der Waals surface area contributed by atoms with Crippen LogP contribution in [0.15, 0.2) is 95.5 Å². The second-order valence-corrected chi connectivity index (χ2v) is 13.2. The summed E-state index contributed by atoms with van der Waals surface area (Å²) in [6.45, 7) is 0. The molecule has 3 aromatic carbocycles. The van der Waals surface area contributed by atoms with Gasteiger partial charge in [-0.15, -0.1) is 0 Å². The van der Waals surface area contributed by atoms with Crippen LogP contribution in [0.25, 0.3) is 0 Å². The number of carbonyl (C=O) groups is 1. The lowest BCUT2D eigenvalue weighted by atomic mass is 9.72. The molecular weight excluding hydrogens is 616 g/mol. The molecule has 4 aromatic rings. The standard InChI is InChI=1S/C30H24BrClN2O5S/c1-33-40(37,38)26-25(19-10-6-3-7-11-19)30(20-12-14-21(31)15-13-20)29(36,28(26)35)27-24(39-30)17-22(32)23(34-27)16-18-8-4-2-5-9-18/h2-15,17,25-26,33,36H,16H2,1H3. The Morgan fingerprint density at radius 2 is 1.65 bits per heavy atom. The Bertz CT molecular complexity index is 1720. The molecule has 0 spiro atoms. The lowest BCUT2D eigenvalue weighted by molar-refractivity contribution is -0.151. The van der Waals surface area contributed by atoms with Gasteiger partial charge in [0.15, 0.2) is 11.4 Å². The number of hydrogen-bond acceptors (Lipinski definition) is 6. The number of rotatable bonds is 6. The lowest BCUT2D eigenvalue weighted by Gasteiger charge is -2.39. The van der Waals surface area contributed by atoms with Crippen molar-refractivity contribution in [2.75, 3.05) is 7.05 Å². The van der Waals surface area contributed by atoms with Gasteiger partial charge in [0.1, 0.15) is 16.7 Å². The summed E-state index contributed by atoms with van der Waals surface area (Å²) >= 11 is 10.1. The van der Waals surface area contributed by atoms with E-state index in [0.29, 0.717) is 28.3 Å². The predicted octanol–water partition coefficient (Wildman–Crippen LogP) is 4.85. The van der Waals surface area contributed by atoms with Gasteiger partial charge in [0.2, 0.25) is 15.6 Å². The molecule has 0 amide bonds. The SMILES string of the molecule is CNS(=O)(=O)C1C(=O)C2(O)c3nc(Cc4ccccc4)c(Cl)cc3OC2(c2ccc(Br)cc2)C1c1ccccc1. The molecule has 2 N–H and O–H groups in total. The molecule has 4 atom stereocenters. The van der Waals surface area contributed by atoms with E-state index in [4.69, 9.17) is 21.3 Å². The minimum absolute atomic E-state index is 0.0505. The molecule has 0 radical (unpaired) electrons. The normalized spacial score (nSPS) is 25.4. The van der Waals surface area contributed by atoms with E-state index in [0.717, 1.165) is 10.0 Å². The van der Waals surface area contributed by atoms with Gasteiger partial charge >= 0.3 is 0 Å². The number of sulfonamides is 1. The van der Waals surface area contributed by atoms with E-state index < -0.39 is 38.2 Å². The summed E-state index contributed by atoms with van der Waals surface area (Å²) in [4.78, 5) is 19.1. The highest BCUT2D eigenvalue weighted by Crippen LogP contribution is 2.66. The van der Waals surface area contributed by atoms with Crippen LogP contribution in [-0.4, -0.2) is 36.6 Å². The van der Waals surface area contributed by atoms with E-state index in [9.17, 15) is 18.3 Å². The van der Waals surface area contributed by atoms with Gasteiger partial charge in [-0.25, -0.2) is 18.1 Å². The molecular formula is C30H24BrClN2O5S. The van der Waals surface area contributed by atoms with Crippen LogP contribution in [-0.2, 0) is 32.4 Å². The van der Waals surface area contributed by atoms with Gasteiger partial charge in [0, 0.05) is 17.0 Å². The quantitative estimate of drug-likeness (QED) is 0.313. The summed E-state index contributed by atoms with van der Waals surface area (Å²) < 4.78 is 36.7. The first-order valence-corrected chi connectivity index (χ1v) is 15.3. The van der Waals surface area contributed by atoms with Crippen molar-refractivity contribution in [2.45, 2.75) is 28.8 Å². The second kappa shape index (κ2) is 9.78. The summed E-state index contributed by atoms with van der Waals surface area (Å²) in [5, 5.41) is 11.3. The van der Waals surface area contributed by atoms with Crippen LogP contribution in [0.4, 0.5) is 0 Å². The number of fused-ring (bicyclic) bond motifs is 3. The molecule has 1 saturated carbocycles. The number of hydrogen-bond donors (Lipinski definition) is 2. The third-order valence-electron chi connectivity index (χ3n) is 7.79. The highest BCUT2D eigenvalue weighted by Gasteiger charge is 2.79. The van der Waals surface area contributed by atoms with Crippen molar-refractivity contribution in [1.82, 2.24) is 9.71 Å². The van der Waals surface area contributed by atoms with Crippen molar-refractivity contribution in [3.8, 4) is 5.75 Å². The topological polar surface area (TPSA) is 106 Å². The van der Waals surface area contributed by atoms with Crippen LogP contribution in [0.3, 0.4) is 0 Å². The molecule has 7 nitrogen and oxygen atoms in total. The Hall–Kier alpha value is -3.08. The van der Waals surface area contributed by atoms with Crippen LogP contribution < -0.4 is 9.46 Å². The van der Waals surface area contributed by atoms with Gasteiger partial charge in [-0.05, 0) is 35.9 Å². The molecule has 1 aliphatic heterocycles. The highest BCUT2D eigenvalue weighted by molar-refractivity contribution is 9.10. The van der Waals surface area contributed by atoms with Crippen molar-refractivity contribution >= 4 is 43.3 Å². The van der Waals surface area contributed by atoms with Crippen LogP contribution >= 0.6 is 27.5 Å². The number of nitrogens with zero attached hydrogens (tertiary/aromatic N) is 1. The van der Waals surface area contributed by atoms with Gasteiger partial charge in [-0.3, -0.25) is 4.79 Å². The Kier molecular flexibility index (Phi) is 6.63. The number of aliphatic hydroxyl groups is 1. The van der Waals surface area contributed by atoms with E-state index in [1.807, 2.05) is 30.3 Å². The molecule has 10 heteroatoms. The minimum atomic E-state index is -4.25. The Morgan fingerprint density at radius 3 is 2.27 bits per heavy atom. The van der Waals surface area contributed by atoms with Gasteiger partial charge in [0.05, 0.1) is 16.6 Å². The maximum atomic E-state index is 14.4. The first-order chi connectivity index (χ1) is 19.1. The molecule has 40 heavy (non-hydrogen) atoms. The monoisotopic (exact) mass is 638 g/mol. The molecule has 1 aliphatic carbocycles. The largest absolute Gasteiger partial charge is 0.476 e. The molecule has 6 rings (SSSR count). The lowest BCUT2D eigenvalue weighted by Crippen LogP contribution is -2.51. The fourth-order valence-electron chi connectivity index (χ4n) is 6.00. The summed E-state index contributed by atoms with van der Waals surface area (Å²) in [5.41, 5.74) is -2.05. The summed E-state index contributed by atoms with van der Waals surface area (Å²) in [7, 11) is -3.00. The zero-order valence-electron chi connectivity index (χ0n) is 21.2. The summed E-state index contributed by atoms with van der Waals surface area (Å²) in [6, 6.07) is 26.8. The highest BCUT2D eigenvalue weighted by atomic mass is 79.9. The molecule has 4 unspecified atom stereocenters. The molecule has 204 valence electrons. The Labute approximate surface area is 245 Å². The summed E-state index contributed by atoms with van der Waals surface area (Å²) in [5.74, 6) is -1.92. The number of aromatic nitrogens is 1. The van der Waals surface area contributed by atoms with Crippen LogP contribution in [0.2, 0.25) is 5.02 Å². The predicted molar refractivity (Wildman–Crippen MR) is 155 cm³/mol. The van der Waals surface area contributed by atoms with E-state index in [1.54, 1.807) is 60.7 Å². The average Bonchev–Trinajstić information content (AvgIpc) is 3.33. The van der Waals surface area contributed by atoms with Crippen molar-refractivity contribution < 1.29 is 23.1 Å². The van der Waals surface area contributed by atoms with Gasteiger partial charge in [-0.1, -0.05) is 100 Å². The van der Waals surface area contributed by atoms with Crippen LogP contribution in [0, 0.1) is 0 Å². The Morgan fingerprint density at radius 1 is 1.02 bits per heavy atom. The van der Waals surface area contributed by atoms with Crippen LogP contribution in [0.1, 0.15) is 34.0 Å². The molecule has 2 heterocycles. The second-order valence-electron chi connectivity index (χ2n) is 9.90. The van der Waals surface area contributed by atoms with Crippen molar-refractivity contribution in [3.05, 3.63) is 129 Å². The first-order valence-electron chi connectivity index (χ1n) is 12.6. The summed E-state index contributed by atoms with van der Waals surface area (Å²) in [6.07, 6.45) is 0.336. The van der Waals surface area contributed by atoms with Gasteiger partial charge < -0.3 is 9.84 Å². The van der Waals surface area contributed by atoms with Crippen molar-refractivity contribution in [1.29, 1.82) is 0 Å². The average molecular weight is 640 g/mol.